The third-order valence-corrected chi connectivity index (χ3v) is 6.01. The SMILES string of the molecule is Cc1c(C(=O)N2C[C@H](C(=O)N(C)C)[C@]3(COc4ccccc4C(=O)N3)C2)cnn1C. The molecule has 0 bridgehead atoms. The highest BCUT2D eigenvalue weighted by Crippen LogP contribution is 2.35. The van der Waals surface area contributed by atoms with Crippen LogP contribution in [-0.2, 0) is 11.8 Å². The van der Waals surface area contributed by atoms with Crippen molar-refractivity contribution in [2.45, 2.75) is 12.5 Å². The summed E-state index contributed by atoms with van der Waals surface area (Å²) in [7, 11) is 5.10. The Bertz CT molecular complexity index is 1030. The van der Waals surface area contributed by atoms with E-state index in [-0.39, 0.29) is 37.4 Å². The number of aryl methyl sites for hydroxylation is 1. The maximum absolute atomic E-state index is 13.2. The topological polar surface area (TPSA) is 96.8 Å². The second-order valence-corrected chi connectivity index (χ2v) is 8.13. The van der Waals surface area contributed by atoms with Gasteiger partial charge in [0.25, 0.3) is 11.8 Å². The number of amides is 3. The number of rotatable bonds is 2. The van der Waals surface area contributed by atoms with Crippen molar-refractivity contribution in [3.63, 3.8) is 0 Å². The number of likely N-dealkylation sites (tertiary alicyclic amines) is 1. The fraction of sp³-hybridized carbons (Fsp3) is 0.429. The monoisotopic (exact) mass is 411 g/mol. The fourth-order valence-corrected chi connectivity index (χ4v) is 4.16. The molecule has 30 heavy (non-hydrogen) atoms. The van der Waals surface area contributed by atoms with Gasteiger partial charge in [-0.2, -0.15) is 5.10 Å². The third-order valence-electron chi connectivity index (χ3n) is 6.01. The Kier molecular flexibility index (Phi) is 4.76. The van der Waals surface area contributed by atoms with Crippen LogP contribution in [0.15, 0.2) is 30.5 Å². The summed E-state index contributed by atoms with van der Waals surface area (Å²) < 4.78 is 7.60. The zero-order chi connectivity index (χ0) is 21.6. The van der Waals surface area contributed by atoms with Gasteiger partial charge in [0.05, 0.1) is 23.2 Å². The van der Waals surface area contributed by atoms with Gasteiger partial charge in [0.2, 0.25) is 5.91 Å². The molecule has 2 aliphatic heterocycles. The van der Waals surface area contributed by atoms with E-state index >= 15 is 0 Å². The van der Waals surface area contributed by atoms with E-state index in [9.17, 15) is 14.4 Å². The van der Waals surface area contributed by atoms with E-state index in [1.54, 1.807) is 55.0 Å². The van der Waals surface area contributed by atoms with Crippen molar-refractivity contribution in [2.75, 3.05) is 33.8 Å². The fourth-order valence-electron chi connectivity index (χ4n) is 4.16. The summed E-state index contributed by atoms with van der Waals surface area (Å²) in [6.07, 6.45) is 1.53. The van der Waals surface area contributed by atoms with E-state index in [1.165, 1.54) is 11.1 Å². The quantitative estimate of drug-likeness (QED) is 0.774. The Morgan fingerprint density at radius 2 is 2.03 bits per heavy atom. The summed E-state index contributed by atoms with van der Waals surface area (Å²) in [6.45, 7) is 2.27. The lowest BCUT2D eigenvalue weighted by atomic mass is 9.86. The first kappa shape index (κ1) is 19.9. The molecule has 1 spiro atoms. The summed E-state index contributed by atoms with van der Waals surface area (Å²) >= 11 is 0. The van der Waals surface area contributed by atoms with Crippen molar-refractivity contribution in [3.05, 3.63) is 47.3 Å². The van der Waals surface area contributed by atoms with E-state index in [0.29, 0.717) is 16.9 Å². The van der Waals surface area contributed by atoms with E-state index in [1.807, 2.05) is 6.92 Å². The summed E-state index contributed by atoms with van der Waals surface area (Å²) in [6, 6.07) is 6.97. The average Bonchev–Trinajstić information content (AvgIpc) is 3.21. The predicted octanol–water partition coefficient (Wildman–Crippen LogP) is 0.450. The molecule has 0 saturated carbocycles. The molecule has 2 atom stereocenters. The van der Waals surface area contributed by atoms with Gasteiger partial charge in [-0.15, -0.1) is 0 Å². The first-order valence-corrected chi connectivity index (χ1v) is 9.77. The zero-order valence-corrected chi connectivity index (χ0v) is 17.5. The number of hydrogen-bond acceptors (Lipinski definition) is 5. The Morgan fingerprint density at radius 1 is 1.30 bits per heavy atom. The normalized spacial score (nSPS) is 22.9. The highest BCUT2D eigenvalue weighted by atomic mass is 16.5. The van der Waals surface area contributed by atoms with Crippen molar-refractivity contribution >= 4 is 17.7 Å². The molecule has 9 nitrogen and oxygen atoms in total. The molecule has 1 fully saturated rings. The molecule has 158 valence electrons. The van der Waals surface area contributed by atoms with Crippen LogP contribution in [0.5, 0.6) is 5.75 Å². The lowest BCUT2D eigenvalue weighted by Crippen LogP contribution is -2.60. The van der Waals surface area contributed by atoms with Crippen LogP contribution >= 0.6 is 0 Å². The van der Waals surface area contributed by atoms with E-state index in [0.717, 1.165) is 5.69 Å². The van der Waals surface area contributed by atoms with Crippen LogP contribution in [0.25, 0.3) is 0 Å². The van der Waals surface area contributed by atoms with E-state index < -0.39 is 11.5 Å². The second kappa shape index (κ2) is 7.16. The average molecular weight is 411 g/mol. The number of hydrogen-bond donors (Lipinski definition) is 1. The van der Waals surface area contributed by atoms with Crippen LogP contribution in [0.3, 0.4) is 0 Å². The molecule has 1 aromatic heterocycles. The van der Waals surface area contributed by atoms with Crippen LogP contribution in [0.2, 0.25) is 0 Å². The molecule has 0 unspecified atom stereocenters. The van der Waals surface area contributed by atoms with Gasteiger partial charge >= 0.3 is 0 Å². The van der Waals surface area contributed by atoms with Gasteiger partial charge in [0, 0.05) is 39.9 Å². The van der Waals surface area contributed by atoms with Gasteiger partial charge in [-0.25, -0.2) is 0 Å². The Balaban J connectivity index is 1.70. The van der Waals surface area contributed by atoms with Gasteiger partial charge in [-0.1, -0.05) is 12.1 Å². The largest absolute Gasteiger partial charge is 0.490 e. The van der Waals surface area contributed by atoms with E-state index in [4.69, 9.17) is 4.74 Å². The number of ether oxygens (including phenoxy) is 1. The summed E-state index contributed by atoms with van der Waals surface area (Å²) in [4.78, 5) is 42.3. The molecule has 4 rings (SSSR count). The molecule has 1 aromatic carbocycles. The van der Waals surface area contributed by atoms with E-state index in [2.05, 4.69) is 10.4 Å². The molecular weight excluding hydrogens is 386 g/mol. The number of carbonyl (C=O) groups excluding carboxylic acids is 3. The predicted molar refractivity (Wildman–Crippen MR) is 108 cm³/mol. The molecule has 0 radical (unpaired) electrons. The maximum atomic E-state index is 13.2. The molecule has 0 aliphatic carbocycles. The lowest BCUT2D eigenvalue weighted by Gasteiger charge is -2.33. The van der Waals surface area contributed by atoms with Crippen LogP contribution in [0.1, 0.15) is 26.4 Å². The Labute approximate surface area is 174 Å². The van der Waals surface area contributed by atoms with Crippen molar-refractivity contribution in [3.8, 4) is 5.75 Å². The minimum absolute atomic E-state index is 0.0931. The second-order valence-electron chi connectivity index (χ2n) is 8.13. The molecule has 1 saturated heterocycles. The molecule has 3 amide bonds. The van der Waals surface area contributed by atoms with Gasteiger partial charge in [0.15, 0.2) is 0 Å². The van der Waals surface area contributed by atoms with Crippen molar-refractivity contribution in [2.24, 2.45) is 13.0 Å². The lowest BCUT2D eigenvalue weighted by molar-refractivity contribution is -0.134. The summed E-state index contributed by atoms with van der Waals surface area (Å²) in [5.74, 6) is -0.859. The number of aromatic nitrogens is 2. The minimum Gasteiger partial charge on any atom is -0.490 e. The number of para-hydroxylation sites is 1. The third kappa shape index (κ3) is 3.10. The molecule has 2 aliphatic rings. The number of fused-ring (bicyclic) bond motifs is 1. The van der Waals surface area contributed by atoms with Crippen LogP contribution < -0.4 is 10.1 Å². The number of nitrogens with one attached hydrogen (secondary N) is 1. The van der Waals surface area contributed by atoms with Gasteiger partial charge < -0.3 is 19.9 Å². The van der Waals surface area contributed by atoms with Crippen LogP contribution in [-0.4, -0.2) is 76.6 Å². The van der Waals surface area contributed by atoms with Gasteiger partial charge in [-0.3, -0.25) is 19.1 Å². The number of benzene rings is 1. The summed E-state index contributed by atoms with van der Waals surface area (Å²) in [5.41, 5.74) is 0.613. The smallest absolute Gasteiger partial charge is 0.257 e. The first-order chi connectivity index (χ1) is 14.2. The zero-order valence-electron chi connectivity index (χ0n) is 17.5. The van der Waals surface area contributed by atoms with Crippen molar-refractivity contribution < 1.29 is 19.1 Å². The molecule has 1 N–H and O–H groups in total. The van der Waals surface area contributed by atoms with Crippen LogP contribution in [0.4, 0.5) is 0 Å². The highest BCUT2D eigenvalue weighted by Gasteiger charge is 2.54. The Hall–Kier alpha value is -3.36. The Morgan fingerprint density at radius 3 is 2.70 bits per heavy atom. The highest BCUT2D eigenvalue weighted by molar-refractivity contribution is 5.99. The molecule has 2 aromatic rings. The minimum atomic E-state index is -1.02. The summed E-state index contributed by atoms with van der Waals surface area (Å²) in [5, 5.41) is 7.18. The standard InChI is InChI=1S/C21H25N5O4/c1-13-15(9-22-25(13)4)19(28)26-10-16(20(29)24(2)3)21(11-26)12-30-17-8-6-5-7-14(17)18(27)23-21/h5-9,16H,10-12H2,1-4H3,(H,23,27)/t16-,21-/m1/s1. The van der Waals surface area contributed by atoms with Gasteiger partial charge in [0.1, 0.15) is 17.9 Å². The number of nitrogens with zero attached hydrogens (tertiary/aromatic N) is 4. The van der Waals surface area contributed by atoms with Crippen LogP contribution in [0, 0.1) is 12.8 Å². The molecule has 3 heterocycles. The number of carbonyl (C=O) groups is 3. The van der Waals surface area contributed by atoms with Gasteiger partial charge in [-0.05, 0) is 19.1 Å². The molecular formula is C21H25N5O4. The first-order valence-electron chi connectivity index (χ1n) is 9.77. The maximum Gasteiger partial charge on any atom is 0.257 e. The molecule has 9 heteroatoms. The van der Waals surface area contributed by atoms with Crippen molar-refractivity contribution in [1.82, 2.24) is 24.9 Å². The van der Waals surface area contributed by atoms with Crippen molar-refractivity contribution in [1.29, 1.82) is 0 Å².